The van der Waals surface area contributed by atoms with Crippen molar-refractivity contribution in [1.82, 2.24) is 9.97 Å². The molecule has 6 N–H and O–H groups in total. The molecule has 0 atom stereocenters. The number of hydrogen-bond donors (Lipinski definition) is 4. The molecule has 6 heteroatoms. The van der Waals surface area contributed by atoms with Crippen LogP contribution < -0.4 is 22.5 Å². The van der Waals surface area contributed by atoms with Crippen LogP contribution in [-0.2, 0) is 0 Å². The molecule has 0 spiro atoms. The van der Waals surface area contributed by atoms with Crippen molar-refractivity contribution >= 4 is 17.3 Å². The van der Waals surface area contributed by atoms with Gasteiger partial charge in [0.1, 0.15) is 11.5 Å². The maximum absolute atomic E-state index is 10.7. The Kier molecular flexibility index (Phi) is 1.67. The Labute approximate surface area is 62.6 Å². The second kappa shape index (κ2) is 2.49. The third-order valence-electron chi connectivity index (χ3n) is 1.24. The summed E-state index contributed by atoms with van der Waals surface area (Å²) in [5, 5.41) is 2.64. The van der Waals surface area contributed by atoms with Gasteiger partial charge in [-0.2, -0.15) is 4.98 Å². The molecule has 0 aromatic carbocycles. The number of nitrogen functional groups attached to an aromatic ring is 2. The molecule has 0 amide bonds. The molecular formula is C5H9N5O. The fraction of sp³-hybridized carbons (Fsp3) is 0.200. The molecule has 60 valence electrons. The zero-order chi connectivity index (χ0) is 8.43. The highest BCUT2D eigenvalue weighted by atomic mass is 16.1. The lowest BCUT2D eigenvalue weighted by molar-refractivity contribution is 1.09. The van der Waals surface area contributed by atoms with Gasteiger partial charge in [-0.3, -0.25) is 4.98 Å². The molecule has 1 aromatic heterocycles. The summed E-state index contributed by atoms with van der Waals surface area (Å²) in [6.07, 6.45) is 0. The molecule has 0 aliphatic heterocycles. The predicted molar refractivity (Wildman–Crippen MR) is 43.2 cm³/mol. The Morgan fingerprint density at radius 2 is 2.18 bits per heavy atom. The molecule has 1 rings (SSSR count). The van der Waals surface area contributed by atoms with Crippen LogP contribution in [0.25, 0.3) is 0 Å². The molecule has 0 saturated heterocycles. The fourth-order valence-corrected chi connectivity index (χ4v) is 0.690. The highest BCUT2D eigenvalue weighted by Crippen LogP contribution is 2.16. The summed E-state index contributed by atoms with van der Waals surface area (Å²) in [6, 6.07) is 0. The molecule has 0 radical (unpaired) electrons. The lowest BCUT2D eigenvalue weighted by Gasteiger charge is -2.03. The van der Waals surface area contributed by atoms with E-state index in [2.05, 4.69) is 15.3 Å². The third-order valence-corrected chi connectivity index (χ3v) is 1.24. The molecule has 0 fully saturated rings. The first-order valence-corrected chi connectivity index (χ1v) is 2.98. The fourth-order valence-electron chi connectivity index (χ4n) is 0.690. The number of nitrogens with one attached hydrogen (secondary N) is 2. The number of aromatic nitrogens is 2. The van der Waals surface area contributed by atoms with E-state index < -0.39 is 5.69 Å². The number of nitrogens with two attached hydrogens (primary N) is 2. The average Bonchev–Trinajstić information content (AvgIpc) is 1.96. The summed E-state index contributed by atoms with van der Waals surface area (Å²) in [4.78, 5) is 16.5. The Hall–Kier alpha value is -1.72. The van der Waals surface area contributed by atoms with Gasteiger partial charge in [0.05, 0.1) is 0 Å². The van der Waals surface area contributed by atoms with Crippen LogP contribution in [0.1, 0.15) is 0 Å². The first kappa shape index (κ1) is 7.39. The quantitative estimate of drug-likeness (QED) is 0.414. The molecular weight excluding hydrogens is 146 g/mol. The second-order valence-corrected chi connectivity index (χ2v) is 1.97. The number of aromatic amines is 1. The summed E-state index contributed by atoms with van der Waals surface area (Å²) in [5.74, 6) is 0.431. The summed E-state index contributed by atoms with van der Waals surface area (Å²) in [7, 11) is 1.61. The smallest absolute Gasteiger partial charge is 0.348 e. The highest BCUT2D eigenvalue weighted by molar-refractivity contribution is 5.71. The van der Waals surface area contributed by atoms with Crippen LogP contribution in [0.15, 0.2) is 4.79 Å². The molecule has 0 unspecified atom stereocenters. The van der Waals surface area contributed by atoms with Crippen molar-refractivity contribution in [1.29, 1.82) is 0 Å². The molecule has 1 aromatic rings. The number of nitrogens with zero attached hydrogens (tertiary/aromatic N) is 1. The monoisotopic (exact) mass is 155 g/mol. The van der Waals surface area contributed by atoms with Crippen molar-refractivity contribution in [2.24, 2.45) is 0 Å². The van der Waals surface area contributed by atoms with Crippen LogP contribution in [0.2, 0.25) is 0 Å². The van der Waals surface area contributed by atoms with E-state index in [0.717, 1.165) is 0 Å². The van der Waals surface area contributed by atoms with E-state index >= 15 is 0 Å². The summed E-state index contributed by atoms with van der Waals surface area (Å²) in [6.45, 7) is 0. The molecule has 0 aliphatic rings. The maximum atomic E-state index is 10.7. The Bertz CT molecular complexity index is 317. The number of anilines is 3. The van der Waals surface area contributed by atoms with Crippen LogP contribution in [0.5, 0.6) is 0 Å². The van der Waals surface area contributed by atoms with E-state index in [1.807, 2.05) is 0 Å². The predicted octanol–water partition coefficient (Wildman–Crippen LogP) is -1.02. The van der Waals surface area contributed by atoms with Gasteiger partial charge >= 0.3 is 5.69 Å². The van der Waals surface area contributed by atoms with Gasteiger partial charge in [-0.1, -0.05) is 0 Å². The van der Waals surface area contributed by atoms with Crippen molar-refractivity contribution < 1.29 is 0 Å². The minimum atomic E-state index is -0.513. The van der Waals surface area contributed by atoms with E-state index in [1.165, 1.54) is 0 Å². The first-order valence-electron chi connectivity index (χ1n) is 2.98. The Morgan fingerprint density at radius 3 is 2.73 bits per heavy atom. The highest BCUT2D eigenvalue weighted by Gasteiger charge is 2.03. The van der Waals surface area contributed by atoms with Crippen molar-refractivity contribution in [2.75, 3.05) is 23.8 Å². The minimum absolute atomic E-state index is 0.134. The summed E-state index contributed by atoms with van der Waals surface area (Å²) < 4.78 is 0. The largest absolute Gasteiger partial charge is 0.393 e. The molecule has 0 bridgehead atoms. The van der Waals surface area contributed by atoms with Gasteiger partial charge in [0, 0.05) is 7.05 Å². The van der Waals surface area contributed by atoms with Crippen molar-refractivity contribution in [2.45, 2.75) is 0 Å². The summed E-state index contributed by atoms with van der Waals surface area (Å²) >= 11 is 0. The van der Waals surface area contributed by atoms with Crippen molar-refractivity contribution in [3.63, 3.8) is 0 Å². The van der Waals surface area contributed by atoms with Crippen LogP contribution >= 0.6 is 0 Å². The lowest BCUT2D eigenvalue weighted by atomic mass is 10.4. The molecule has 1 heterocycles. The van der Waals surface area contributed by atoms with E-state index in [0.29, 0.717) is 5.82 Å². The van der Waals surface area contributed by atoms with Crippen molar-refractivity contribution in [3.8, 4) is 0 Å². The Morgan fingerprint density at radius 1 is 1.55 bits per heavy atom. The summed E-state index contributed by atoms with van der Waals surface area (Å²) in [5.41, 5.74) is 10.5. The molecule has 11 heavy (non-hydrogen) atoms. The normalized spacial score (nSPS) is 9.55. The van der Waals surface area contributed by atoms with Gasteiger partial charge in [-0.05, 0) is 0 Å². The van der Waals surface area contributed by atoms with E-state index in [4.69, 9.17) is 11.5 Å². The number of H-pyrrole nitrogens is 1. The third kappa shape index (κ3) is 1.23. The zero-order valence-electron chi connectivity index (χ0n) is 6.01. The maximum Gasteiger partial charge on any atom is 0.348 e. The Balaban J connectivity index is 3.36. The van der Waals surface area contributed by atoms with E-state index in [1.54, 1.807) is 7.05 Å². The van der Waals surface area contributed by atoms with Gasteiger partial charge < -0.3 is 16.8 Å². The van der Waals surface area contributed by atoms with Crippen LogP contribution in [0.4, 0.5) is 17.3 Å². The first-order chi connectivity index (χ1) is 5.15. The molecule has 0 saturated carbocycles. The van der Waals surface area contributed by atoms with Gasteiger partial charge in [-0.25, -0.2) is 4.79 Å². The van der Waals surface area contributed by atoms with Crippen molar-refractivity contribution in [3.05, 3.63) is 10.5 Å². The van der Waals surface area contributed by atoms with E-state index in [-0.39, 0.29) is 11.5 Å². The standard InChI is InChI=1S/C5H9N5O/c1-8-4-2(6)3(7)9-5(11)10-4/h6H2,1H3,(H4,7,8,9,10,11). The number of rotatable bonds is 1. The van der Waals surface area contributed by atoms with Gasteiger partial charge in [0.15, 0.2) is 5.82 Å². The molecule has 6 nitrogen and oxygen atoms in total. The SMILES string of the molecule is CNc1nc(=O)[nH]c(N)c1N. The minimum Gasteiger partial charge on any atom is -0.393 e. The second-order valence-electron chi connectivity index (χ2n) is 1.97. The lowest BCUT2D eigenvalue weighted by Crippen LogP contribution is -2.17. The van der Waals surface area contributed by atoms with Gasteiger partial charge in [0.2, 0.25) is 0 Å². The molecule has 0 aliphatic carbocycles. The van der Waals surface area contributed by atoms with Crippen LogP contribution in [0.3, 0.4) is 0 Å². The van der Waals surface area contributed by atoms with Crippen LogP contribution in [0, 0.1) is 0 Å². The van der Waals surface area contributed by atoms with Gasteiger partial charge in [-0.15, -0.1) is 0 Å². The topological polar surface area (TPSA) is 110 Å². The average molecular weight is 155 g/mol. The van der Waals surface area contributed by atoms with E-state index in [9.17, 15) is 4.79 Å². The zero-order valence-corrected chi connectivity index (χ0v) is 6.01. The van der Waals surface area contributed by atoms with Gasteiger partial charge in [0.25, 0.3) is 0 Å². The number of hydrogen-bond acceptors (Lipinski definition) is 5. The van der Waals surface area contributed by atoms with Crippen LogP contribution in [-0.4, -0.2) is 17.0 Å².